The fraction of sp³-hybridized carbons (Fsp3) is 0.333. The van der Waals surface area contributed by atoms with Gasteiger partial charge >= 0.3 is 0 Å². The van der Waals surface area contributed by atoms with E-state index in [1.165, 1.54) is 0 Å². The Kier molecular flexibility index (Phi) is 4.06. The molecule has 0 bridgehead atoms. The van der Waals surface area contributed by atoms with Crippen LogP contribution in [0.25, 0.3) is 11.0 Å². The number of fused-ring (bicyclic) bond motifs is 2. The van der Waals surface area contributed by atoms with Crippen molar-refractivity contribution in [3.8, 4) is 6.07 Å². The number of rotatable bonds is 4. The molecule has 0 amide bonds. The number of nitrogens with zero attached hydrogens (tertiary/aromatic N) is 3. The summed E-state index contributed by atoms with van der Waals surface area (Å²) < 4.78 is 0. The first kappa shape index (κ1) is 16.9. The average Bonchev–Trinajstić information content (AvgIpc) is 3.45. The third-order valence-electron chi connectivity index (χ3n) is 5.96. The number of pyridine rings is 1. The largest absolute Gasteiger partial charge is 0.380 e. The van der Waals surface area contributed by atoms with Gasteiger partial charge < -0.3 is 10.3 Å². The van der Waals surface area contributed by atoms with Gasteiger partial charge in [-0.1, -0.05) is 25.5 Å². The van der Waals surface area contributed by atoms with Crippen molar-refractivity contribution in [2.45, 2.75) is 38.3 Å². The minimum absolute atomic E-state index is 0.263. The van der Waals surface area contributed by atoms with Crippen LogP contribution in [0.1, 0.15) is 31.7 Å². The molecule has 5 rings (SSSR count). The van der Waals surface area contributed by atoms with Crippen molar-refractivity contribution in [2.24, 2.45) is 5.92 Å². The van der Waals surface area contributed by atoms with E-state index in [0.29, 0.717) is 11.5 Å². The van der Waals surface area contributed by atoms with Crippen molar-refractivity contribution in [2.75, 3.05) is 15.9 Å². The van der Waals surface area contributed by atoms with Gasteiger partial charge in [0.1, 0.15) is 11.7 Å². The maximum absolute atomic E-state index is 9.57. The van der Waals surface area contributed by atoms with Crippen LogP contribution in [0.2, 0.25) is 0 Å². The first-order valence-electron chi connectivity index (χ1n) is 9.72. The lowest BCUT2D eigenvalue weighted by molar-refractivity contribution is 0.152. The second kappa shape index (κ2) is 6.73. The molecule has 1 aromatic carbocycles. The number of benzene rings is 1. The maximum Gasteiger partial charge on any atom is 0.139 e. The van der Waals surface area contributed by atoms with Gasteiger partial charge in [0.25, 0.3) is 0 Å². The zero-order valence-corrected chi connectivity index (χ0v) is 15.6. The fourth-order valence-corrected chi connectivity index (χ4v) is 4.52. The third-order valence-corrected chi connectivity index (χ3v) is 5.96. The minimum Gasteiger partial charge on any atom is -0.380 e. The number of para-hydroxylation sites is 2. The van der Waals surface area contributed by atoms with Gasteiger partial charge in [-0.05, 0) is 37.0 Å². The van der Waals surface area contributed by atoms with Gasteiger partial charge in [-0.2, -0.15) is 10.2 Å². The minimum atomic E-state index is 0.263. The summed E-state index contributed by atoms with van der Waals surface area (Å²) in [6.45, 7) is 2.22. The lowest BCUT2D eigenvalue weighted by Gasteiger charge is -2.23. The predicted octanol–water partition coefficient (Wildman–Crippen LogP) is 4.18. The van der Waals surface area contributed by atoms with Crippen LogP contribution in [-0.2, 0) is 4.94 Å². The molecule has 1 saturated carbocycles. The molecule has 7 heteroatoms. The third kappa shape index (κ3) is 2.65. The van der Waals surface area contributed by atoms with Crippen molar-refractivity contribution < 1.29 is 4.94 Å². The van der Waals surface area contributed by atoms with E-state index in [1.54, 1.807) is 6.20 Å². The molecule has 0 saturated heterocycles. The Labute approximate surface area is 163 Å². The van der Waals surface area contributed by atoms with Crippen LogP contribution in [0.5, 0.6) is 0 Å². The molecule has 2 aromatic heterocycles. The van der Waals surface area contributed by atoms with E-state index in [2.05, 4.69) is 39.8 Å². The number of hydrogen-bond acceptors (Lipinski definition) is 6. The number of aromatic amines is 1. The summed E-state index contributed by atoms with van der Waals surface area (Å²) in [4.78, 5) is 13.3. The fourth-order valence-electron chi connectivity index (χ4n) is 4.52. The maximum atomic E-state index is 9.57. The lowest BCUT2D eigenvalue weighted by Crippen LogP contribution is -2.32. The van der Waals surface area contributed by atoms with E-state index in [9.17, 15) is 5.26 Å². The highest BCUT2D eigenvalue weighted by Crippen LogP contribution is 2.41. The second-order valence-electron chi connectivity index (χ2n) is 7.48. The summed E-state index contributed by atoms with van der Waals surface area (Å²) in [6.07, 6.45) is 6.54. The average molecular weight is 374 g/mol. The van der Waals surface area contributed by atoms with Crippen molar-refractivity contribution in [1.29, 1.82) is 5.26 Å². The zero-order chi connectivity index (χ0) is 19.1. The van der Waals surface area contributed by atoms with E-state index in [1.807, 2.05) is 35.5 Å². The number of aromatic nitrogens is 2. The van der Waals surface area contributed by atoms with E-state index in [-0.39, 0.29) is 12.1 Å². The van der Waals surface area contributed by atoms with Crippen LogP contribution >= 0.6 is 0 Å². The second-order valence-corrected chi connectivity index (χ2v) is 7.48. The van der Waals surface area contributed by atoms with Crippen LogP contribution in [0.3, 0.4) is 0 Å². The van der Waals surface area contributed by atoms with Gasteiger partial charge in [-0.25, -0.2) is 15.5 Å². The van der Waals surface area contributed by atoms with Gasteiger partial charge in [0, 0.05) is 23.8 Å². The Morgan fingerprint density at radius 1 is 1.32 bits per heavy atom. The highest BCUT2D eigenvalue weighted by molar-refractivity contribution is 5.92. The molecule has 7 nitrogen and oxygen atoms in total. The predicted molar refractivity (Wildman–Crippen MR) is 109 cm³/mol. The topological polar surface area (TPSA) is 89.0 Å². The SMILES string of the molecule is CCC1CC(N2ONc3ccccc32)CC1Nc1c(C#N)cnc2[nH]ccc12. The Morgan fingerprint density at radius 2 is 2.21 bits per heavy atom. The van der Waals surface area contributed by atoms with Crippen LogP contribution in [0, 0.1) is 17.2 Å². The highest BCUT2D eigenvalue weighted by atomic mass is 16.8. The standard InChI is InChI=1S/C21H22N6O/c1-2-13-9-15(27-19-6-4-3-5-17(19)26-28-27)10-18(13)25-20-14(11-22)12-24-21-16(20)7-8-23-21/h3-8,12-13,15,18,26H,2,9-10H2,1H3,(H2,23,24,25). The molecule has 3 atom stereocenters. The summed E-state index contributed by atoms with van der Waals surface area (Å²) in [5.74, 6) is 0.495. The number of nitriles is 1. The first-order valence-corrected chi connectivity index (χ1v) is 9.72. The molecule has 3 aromatic rings. The van der Waals surface area contributed by atoms with E-state index in [0.717, 1.165) is 47.4 Å². The quantitative estimate of drug-likeness (QED) is 0.635. The van der Waals surface area contributed by atoms with Crippen molar-refractivity contribution >= 4 is 28.1 Å². The van der Waals surface area contributed by atoms with Crippen molar-refractivity contribution in [3.63, 3.8) is 0 Å². The normalized spacial score (nSPS) is 23.4. The first-order chi connectivity index (χ1) is 13.8. The number of anilines is 3. The molecule has 3 unspecified atom stereocenters. The molecule has 1 aliphatic heterocycles. The van der Waals surface area contributed by atoms with Gasteiger partial charge in [0.2, 0.25) is 0 Å². The van der Waals surface area contributed by atoms with E-state index >= 15 is 0 Å². The highest BCUT2D eigenvalue weighted by Gasteiger charge is 2.40. The Bertz CT molecular complexity index is 1050. The molecule has 3 heterocycles. The van der Waals surface area contributed by atoms with Crippen LogP contribution in [-0.4, -0.2) is 22.1 Å². The number of hydrogen-bond donors (Lipinski definition) is 3. The summed E-state index contributed by atoms with van der Waals surface area (Å²) in [5.41, 5.74) is 7.35. The molecule has 2 aliphatic rings. The zero-order valence-electron chi connectivity index (χ0n) is 15.6. The number of hydroxylamine groups is 1. The summed E-state index contributed by atoms with van der Waals surface area (Å²) in [6, 6.07) is 12.9. The molecular formula is C21H22N6O. The lowest BCUT2D eigenvalue weighted by atomic mass is 9.99. The van der Waals surface area contributed by atoms with Gasteiger partial charge in [0.15, 0.2) is 0 Å². The molecule has 0 spiro atoms. The molecule has 142 valence electrons. The molecule has 1 aliphatic carbocycles. The van der Waals surface area contributed by atoms with E-state index in [4.69, 9.17) is 4.94 Å². The number of H-pyrrole nitrogens is 1. The number of nitrogens with one attached hydrogen (secondary N) is 3. The summed E-state index contributed by atoms with van der Waals surface area (Å²) >= 11 is 0. The van der Waals surface area contributed by atoms with Crippen LogP contribution < -0.4 is 15.9 Å². The van der Waals surface area contributed by atoms with Crippen LogP contribution in [0.15, 0.2) is 42.7 Å². The van der Waals surface area contributed by atoms with Gasteiger partial charge in [-0.15, -0.1) is 0 Å². The van der Waals surface area contributed by atoms with E-state index < -0.39 is 0 Å². The molecule has 1 fully saturated rings. The Hall–Kier alpha value is -3.24. The van der Waals surface area contributed by atoms with Crippen LogP contribution in [0.4, 0.5) is 17.1 Å². The molecule has 3 N–H and O–H groups in total. The van der Waals surface area contributed by atoms with Gasteiger partial charge in [0.05, 0.1) is 28.7 Å². The van der Waals surface area contributed by atoms with Crippen molar-refractivity contribution in [1.82, 2.24) is 9.97 Å². The van der Waals surface area contributed by atoms with Gasteiger partial charge in [-0.3, -0.25) is 0 Å². The smallest absolute Gasteiger partial charge is 0.139 e. The summed E-state index contributed by atoms with van der Waals surface area (Å²) in [7, 11) is 0. The monoisotopic (exact) mass is 374 g/mol. The Morgan fingerprint density at radius 3 is 3.07 bits per heavy atom. The molecule has 0 radical (unpaired) electrons. The van der Waals surface area contributed by atoms with Crippen molar-refractivity contribution in [3.05, 3.63) is 48.3 Å². The molecular weight excluding hydrogens is 352 g/mol. The molecule has 28 heavy (non-hydrogen) atoms. The summed E-state index contributed by atoms with van der Waals surface area (Å²) in [5, 5.41) is 16.2. The Balaban J connectivity index is 1.43.